The third kappa shape index (κ3) is 2.50. The van der Waals surface area contributed by atoms with Gasteiger partial charge in [0.15, 0.2) is 0 Å². The zero-order chi connectivity index (χ0) is 14.1. The topological polar surface area (TPSA) is 49.6 Å². The average molecular weight is 294 g/mol. The summed E-state index contributed by atoms with van der Waals surface area (Å²) in [4.78, 5) is 17.0. The van der Waals surface area contributed by atoms with Gasteiger partial charge >= 0.3 is 0 Å². The minimum atomic E-state index is 0.00370. The van der Waals surface area contributed by atoms with E-state index < -0.39 is 0 Å². The van der Waals surface area contributed by atoms with Gasteiger partial charge in [0.2, 0.25) is 0 Å². The van der Waals surface area contributed by atoms with Crippen LogP contribution in [-0.4, -0.2) is 47.9 Å². The highest BCUT2D eigenvalue weighted by Gasteiger charge is 2.32. The van der Waals surface area contributed by atoms with Crippen LogP contribution in [0, 0.1) is 0 Å². The summed E-state index contributed by atoms with van der Waals surface area (Å²) >= 11 is 6.15. The zero-order valence-electron chi connectivity index (χ0n) is 11.5. The fourth-order valence-electron chi connectivity index (χ4n) is 3.22. The smallest absolute Gasteiger partial charge is 0.255 e. The van der Waals surface area contributed by atoms with Gasteiger partial charge in [0, 0.05) is 19.1 Å². The highest BCUT2D eigenvalue weighted by Crippen LogP contribution is 2.27. The first-order valence-electron chi connectivity index (χ1n) is 7.24. The molecule has 2 fully saturated rings. The normalized spacial score (nSPS) is 23.4. The summed E-state index contributed by atoms with van der Waals surface area (Å²) in [5.41, 5.74) is 6.76. The molecule has 1 aromatic rings. The molecule has 2 heterocycles. The van der Waals surface area contributed by atoms with Crippen molar-refractivity contribution in [2.45, 2.75) is 25.3 Å². The molecule has 2 aliphatic rings. The second kappa shape index (κ2) is 5.62. The number of halogens is 1. The molecule has 2 aliphatic heterocycles. The van der Waals surface area contributed by atoms with E-state index in [0.717, 1.165) is 19.5 Å². The molecule has 108 valence electrons. The van der Waals surface area contributed by atoms with E-state index in [2.05, 4.69) is 4.90 Å². The largest absolute Gasteiger partial charge is 0.398 e. The summed E-state index contributed by atoms with van der Waals surface area (Å²) in [5, 5.41) is 0.377. The Labute approximate surface area is 124 Å². The molecule has 0 radical (unpaired) electrons. The molecule has 1 amide bonds. The number of anilines is 1. The average Bonchev–Trinajstić information content (AvgIpc) is 3.11. The van der Waals surface area contributed by atoms with Crippen LogP contribution in [0.2, 0.25) is 5.02 Å². The van der Waals surface area contributed by atoms with Crippen molar-refractivity contribution in [2.75, 3.05) is 31.9 Å². The number of carbonyl (C=O) groups is 1. The van der Waals surface area contributed by atoms with Gasteiger partial charge in [0.05, 0.1) is 16.3 Å². The van der Waals surface area contributed by atoms with Crippen molar-refractivity contribution < 1.29 is 4.79 Å². The predicted molar refractivity (Wildman–Crippen MR) is 81.0 cm³/mol. The Morgan fingerprint density at radius 3 is 2.75 bits per heavy atom. The van der Waals surface area contributed by atoms with E-state index in [0.29, 0.717) is 22.3 Å². The van der Waals surface area contributed by atoms with Gasteiger partial charge in [-0.2, -0.15) is 0 Å². The van der Waals surface area contributed by atoms with Gasteiger partial charge in [0.1, 0.15) is 0 Å². The van der Waals surface area contributed by atoms with Crippen molar-refractivity contribution in [3.05, 3.63) is 28.8 Å². The number of rotatable bonds is 2. The second-order valence-electron chi connectivity index (χ2n) is 5.65. The number of carbonyl (C=O) groups excluding carboxylic acids is 1. The molecule has 4 nitrogen and oxygen atoms in total. The lowest BCUT2D eigenvalue weighted by Gasteiger charge is -2.23. The Balaban J connectivity index is 1.70. The third-order valence-corrected chi connectivity index (χ3v) is 4.79. The number of amides is 1. The fourth-order valence-corrected chi connectivity index (χ4v) is 3.42. The predicted octanol–water partition coefficient (Wildman–Crippen LogP) is 2.23. The van der Waals surface area contributed by atoms with Crippen LogP contribution >= 0.6 is 11.6 Å². The van der Waals surface area contributed by atoms with Crippen LogP contribution in [0.3, 0.4) is 0 Å². The van der Waals surface area contributed by atoms with Crippen LogP contribution in [-0.2, 0) is 0 Å². The molecule has 1 aromatic carbocycles. The van der Waals surface area contributed by atoms with E-state index in [1.54, 1.807) is 18.2 Å². The van der Waals surface area contributed by atoms with Gasteiger partial charge < -0.3 is 10.6 Å². The number of benzene rings is 1. The molecule has 0 aliphatic carbocycles. The lowest BCUT2D eigenvalue weighted by molar-refractivity contribution is 0.0780. The Morgan fingerprint density at radius 1 is 1.25 bits per heavy atom. The van der Waals surface area contributed by atoms with Gasteiger partial charge in [-0.25, -0.2) is 0 Å². The van der Waals surface area contributed by atoms with E-state index in [-0.39, 0.29) is 5.91 Å². The van der Waals surface area contributed by atoms with E-state index in [1.165, 1.54) is 25.9 Å². The Morgan fingerprint density at radius 2 is 2.00 bits per heavy atom. The number of nitrogen functional groups attached to an aromatic ring is 1. The molecular formula is C15H20ClN3O. The highest BCUT2D eigenvalue weighted by atomic mass is 35.5. The molecule has 0 spiro atoms. The molecule has 1 unspecified atom stereocenters. The van der Waals surface area contributed by atoms with Crippen molar-refractivity contribution in [2.24, 2.45) is 0 Å². The van der Waals surface area contributed by atoms with E-state index in [4.69, 9.17) is 17.3 Å². The van der Waals surface area contributed by atoms with E-state index in [1.807, 2.05) is 4.90 Å². The van der Waals surface area contributed by atoms with Crippen molar-refractivity contribution >= 4 is 23.2 Å². The Kier molecular flexibility index (Phi) is 3.85. The quantitative estimate of drug-likeness (QED) is 0.851. The van der Waals surface area contributed by atoms with Gasteiger partial charge in [0.25, 0.3) is 5.91 Å². The number of hydrogen-bond donors (Lipinski definition) is 1. The van der Waals surface area contributed by atoms with Crippen LogP contribution in [0.25, 0.3) is 0 Å². The second-order valence-corrected chi connectivity index (χ2v) is 6.02. The monoisotopic (exact) mass is 293 g/mol. The highest BCUT2D eigenvalue weighted by molar-refractivity contribution is 6.36. The maximum Gasteiger partial charge on any atom is 0.255 e. The lowest BCUT2D eigenvalue weighted by Crippen LogP contribution is -2.37. The molecule has 3 rings (SSSR count). The van der Waals surface area contributed by atoms with Crippen LogP contribution in [0.4, 0.5) is 5.69 Å². The lowest BCUT2D eigenvalue weighted by atomic mass is 10.2. The summed E-state index contributed by atoms with van der Waals surface area (Å²) in [6.45, 7) is 3.96. The molecule has 1 atom stereocenters. The molecule has 0 bridgehead atoms. The first-order chi connectivity index (χ1) is 9.66. The molecule has 20 heavy (non-hydrogen) atoms. The fraction of sp³-hybridized carbons (Fsp3) is 0.533. The summed E-state index contributed by atoms with van der Waals surface area (Å²) in [6, 6.07) is 5.77. The van der Waals surface area contributed by atoms with Crippen LogP contribution < -0.4 is 5.73 Å². The Bertz CT molecular complexity index is 514. The summed E-state index contributed by atoms with van der Waals surface area (Å²) in [5.74, 6) is 0.00370. The van der Waals surface area contributed by atoms with Crippen LogP contribution in [0.15, 0.2) is 18.2 Å². The van der Waals surface area contributed by atoms with Gasteiger partial charge in [-0.15, -0.1) is 0 Å². The first kappa shape index (κ1) is 13.7. The molecule has 2 N–H and O–H groups in total. The van der Waals surface area contributed by atoms with Crippen molar-refractivity contribution in [1.29, 1.82) is 0 Å². The summed E-state index contributed by atoms with van der Waals surface area (Å²) in [6.07, 6.45) is 3.63. The first-order valence-corrected chi connectivity index (χ1v) is 7.62. The molecule has 0 aromatic heterocycles. The molecule has 2 saturated heterocycles. The van der Waals surface area contributed by atoms with Crippen LogP contribution in [0.1, 0.15) is 29.6 Å². The number of hydrogen-bond acceptors (Lipinski definition) is 3. The van der Waals surface area contributed by atoms with Gasteiger partial charge in [-0.05, 0) is 44.5 Å². The molecule has 5 heteroatoms. The minimum absolute atomic E-state index is 0.00370. The summed E-state index contributed by atoms with van der Waals surface area (Å²) in [7, 11) is 0. The van der Waals surface area contributed by atoms with E-state index in [9.17, 15) is 4.79 Å². The van der Waals surface area contributed by atoms with Crippen molar-refractivity contribution in [3.63, 3.8) is 0 Å². The van der Waals surface area contributed by atoms with Gasteiger partial charge in [-0.3, -0.25) is 9.69 Å². The van der Waals surface area contributed by atoms with Gasteiger partial charge in [-0.1, -0.05) is 17.7 Å². The third-order valence-electron chi connectivity index (χ3n) is 4.37. The van der Waals surface area contributed by atoms with Crippen molar-refractivity contribution in [3.8, 4) is 0 Å². The zero-order valence-corrected chi connectivity index (χ0v) is 12.3. The summed E-state index contributed by atoms with van der Waals surface area (Å²) < 4.78 is 0. The number of nitrogens with zero attached hydrogens (tertiary/aromatic N) is 2. The van der Waals surface area contributed by atoms with Crippen molar-refractivity contribution in [1.82, 2.24) is 9.80 Å². The minimum Gasteiger partial charge on any atom is -0.398 e. The van der Waals surface area contributed by atoms with Crippen LogP contribution in [0.5, 0.6) is 0 Å². The maximum atomic E-state index is 12.5. The SMILES string of the molecule is Nc1cccc(C(=O)N2CCC(N3CCCC3)C2)c1Cl. The van der Waals surface area contributed by atoms with E-state index >= 15 is 0 Å². The Hall–Kier alpha value is -1.26. The molecular weight excluding hydrogens is 274 g/mol. The number of nitrogens with two attached hydrogens (primary N) is 1. The molecule has 0 saturated carbocycles. The standard InChI is InChI=1S/C15H20ClN3O/c16-14-12(4-3-5-13(14)17)15(20)19-9-6-11(10-19)18-7-1-2-8-18/h3-5,11H,1-2,6-10,17H2. The number of likely N-dealkylation sites (tertiary alicyclic amines) is 2. The maximum absolute atomic E-state index is 12.5.